The van der Waals surface area contributed by atoms with Gasteiger partial charge in [0.05, 0.1) is 0 Å². The van der Waals surface area contributed by atoms with Gasteiger partial charge in [0.1, 0.15) is 11.9 Å². The van der Waals surface area contributed by atoms with E-state index in [1.807, 2.05) is 19.1 Å². The van der Waals surface area contributed by atoms with Crippen molar-refractivity contribution < 1.29 is 24.5 Å². The van der Waals surface area contributed by atoms with Crippen molar-refractivity contribution in [3.05, 3.63) is 71.8 Å². The molecule has 3 N–H and O–H groups in total. The number of carboxylic acid groups (broad SMARTS) is 1. The van der Waals surface area contributed by atoms with Crippen LogP contribution in [0.1, 0.15) is 23.7 Å². The van der Waals surface area contributed by atoms with E-state index >= 15 is 0 Å². The van der Waals surface area contributed by atoms with Crippen molar-refractivity contribution in [3.63, 3.8) is 0 Å². The standard InChI is InChI=1S/C19H19NO5/c1-13-5-9-15(10-6-13)20-19(24)25-17(3-2-4-18(22)23)14-7-11-16(21)12-8-14/h2,4-12,17,21H,3H2,1H3,(H,20,24)(H,22,23)/b4-2+/t17-/m0/s1. The third kappa shape index (κ3) is 6.02. The lowest BCUT2D eigenvalue weighted by molar-refractivity contribution is -0.131. The Morgan fingerprint density at radius 2 is 1.76 bits per heavy atom. The molecular weight excluding hydrogens is 322 g/mol. The Morgan fingerprint density at radius 1 is 1.12 bits per heavy atom. The first-order chi connectivity index (χ1) is 11.9. The van der Waals surface area contributed by atoms with Crippen LogP contribution in [0.15, 0.2) is 60.7 Å². The van der Waals surface area contributed by atoms with Crippen molar-refractivity contribution >= 4 is 17.7 Å². The summed E-state index contributed by atoms with van der Waals surface area (Å²) in [4.78, 5) is 22.7. The van der Waals surface area contributed by atoms with E-state index in [-0.39, 0.29) is 12.2 Å². The predicted octanol–water partition coefficient (Wildman–Crippen LogP) is 4.02. The number of nitrogens with one attached hydrogen (secondary N) is 1. The Balaban J connectivity index is 2.08. The third-order valence-electron chi connectivity index (χ3n) is 3.42. The lowest BCUT2D eigenvalue weighted by atomic mass is 10.1. The van der Waals surface area contributed by atoms with Crippen molar-refractivity contribution in [1.82, 2.24) is 0 Å². The van der Waals surface area contributed by atoms with E-state index in [4.69, 9.17) is 9.84 Å². The van der Waals surface area contributed by atoms with Gasteiger partial charge in [-0.05, 0) is 36.8 Å². The Labute approximate surface area is 145 Å². The van der Waals surface area contributed by atoms with E-state index in [0.717, 1.165) is 11.6 Å². The van der Waals surface area contributed by atoms with Crippen LogP contribution in [0.2, 0.25) is 0 Å². The second-order valence-electron chi connectivity index (χ2n) is 5.45. The van der Waals surface area contributed by atoms with Crippen LogP contribution in [0, 0.1) is 6.92 Å². The van der Waals surface area contributed by atoms with E-state index in [1.54, 1.807) is 24.3 Å². The lowest BCUT2D eigenvalue weighted by Gasteiger charge is -2.17. The molecule has 0 unspecified atom stereocenters. The van der Waals surface area contributed by atoms with Crippen molar-refractivity contribution in [1.29, 1.82) is 0 Å². The molecule has 0 radical (unpaired) electrons. The summed E-state index contributed by atoms with van der Waals surface area (Å²) in [6.07, 6.45) is 1.28. The van der Waals surface area contributed by atoms with Gasteiger partial charge in [-0.2, -0.15) is 0 Å². The predicted molar refractivity (Wildman–Crippen MR) is 93.5 cm³/mol. The fourth-order valence-electron chi connectivity index (χ4n) is 2.15. The number of carbonyl (C=O) groups excluding carboxylic acids is 1. The molecule has 0 saturated heterocycles. The number of phenolic OH excluding ortho intramolecular Hbond substituents is 1. The van der Waals surface area contributed by atoms with Crippen molar-refractivity contribution in [2.75, 3.05) is 5.32 Å². The molecule has 1 atom stereocenters. The summed E-state index contributed by atoms with van der Waals surface area (Å²) >= 11 is 0. The average Bonchev–Trinajstić information content (AvgIpc) is 2.56. The molecule has 25 heavy (non-hydrogen) atoms. The molecule has 130 valence electrons. The zero-order valence-electron chi connectivity index (χ0n) is 13.7. The van der Waals surface area contributed by atoms with E-state index in [1.165, 1.54) is 18.2 Å². The average molecular weight is 341 g/mol. The molecule has 2 aromatic carbocycles. The smallest absolute Gasteiger partial charge is 0.412 e. The zero-order chi connectivity index (χ0) is 18.2. The number of carbonyl (C=O) groups is 2. The minimum atomic E-state index is -1.08. The number of aliphatic carboxylic acids is 1. The molecular formula is C19H19NO5. The highest BCUT2D eigenvalue weighted by atomic mass is 16.6. The molecule has 0 bridgehead atoms. The molecule has 0 fully saturated rings. The molecule has 6 nitrogen and oxygen atoms in total. The fourth-order valence-corrected chi connectivity index (χ4v) is 2.15. The zero-order valence-corrected chi connectivity index (χ0v) is 13.7. The summed E-state index contributed by atoms with van der Waals surface area (Å²) in [5.41, 5.74) is 2.31. The van der Waals surface area contributed by atoms with Gasteiger partial charge in [0.25, 0.3) is 0 Å². The lowest BCUT2D eigenvalue weighted by Crippen LogP contribution is -2.17. The van der Waals surface area contributed by atoms with Crippen LogP contribution >= 0.6 is 0 Å². The Morgan fingerprint density at radius 3 is 2.36 bits per heavy atom. The topological polar surface area (TPSA) is 95.9 Å². The second kappa shape index (κ2) is 8.54. The summed E-state index contributed by atoms with van der Waals surface area (Å²) in [6, 6.07) is 13.4. The van der Waals surface area contributed by atoms with Crippen LogP contribution in [-0.4, -0.2) is 22.3 Å². The maximum Gasteiger partial charge on any atom is 0.412 e. The number of rotatable bonds is 6. The molecule has 2 rings (SSSR count). The van der Waals surface area contributed by atoms with Gasteiger partial charge in [0, 0.05) is 18.2 Å². The Hall–Kier alpha value is -3.28. The number of hydrogen-bond acceptors (Lipinski definition) is 4. The normalized spacial score (nSPS) is 11.9. The number of ether oxygens (including phenoxy) is 1. The van der Waals surface area contributed by atoms with Crippen molar-refractivity contribution in [2.24, 2.45) is 0 Å². The highest BCUT2D eigenvalue weighted by Crippen LogP contribution is 2.24. The quantitative estimate of drug-likeness (QED) is 0.690. The van der Waals surface area contributed by atoms with Crippen molar-refractivity contribution in [3.8, 4) is 5.75 Å². The SMILES string of the molecule is Cc1ccc(NC(=O)O[C@@H](C/C=C/C(=O)O)c2ccc(O)cc2)cc1. The van der Waals surface area contributed by atoms with E-state index in [9.17, 15) is 14.7 Å². The van der Waals surface area contributed by atoms with Crippen LogP contribution in [0.3, 0.4) is 0 Å². The number of carboxylic acids is 1. The van der Waals surface area contributed by atoms with Crippen LogP contribution in [0.4, 0.5) is 10.5 Å². The Kier molecular flexibility index (Phi) is 6.17. The summed E-state index contributed by atoms with van der Waals surface area (Å²) in [5.74, 6) is -0.985. The first-order valence-electron chi connectivity index (χ1n) is 7.67. The monoisotopic (exact) mass is 341 g/mol. The van der Waals surface area contributed by atoms with E-state index in [2.05, 4.69) is 5.32 Å². The second-order valence-corrected chi connectivity index (χ2v) is 5.45. The first kappa shape index (κ1) is 18.1. The molecule has 0 aliphatic heterocycles. The summed E-state index contributed by atoms with van der Waals surface area (Å²) in [5, 5.41) is 20.7. The maximum atomic E-state index is 12.1. The molecule has 0 heterocycles. The van der Waals surface area contributed by atoms with Crippen molar-refractivity contribution in [2.45, 2.75) is 19.4 Å². The molecule has 6 heteroatoms. The molecule has 0 aromatic heterocycles. The number of hydrogen-bond donors (Lipinski definition) is 3. The van der Waals surface area contributed by atoms with E-state index < -0.39 is 18.2 Å². The summed E-state index contributed by atoms with van der Waals surface area (Å²) in [6.45, 7) is 1.94. The highest BCUT2D eigenvalue weighted by molar-refractivity contribution is 5.84. The van der Waals surface area contributed by atoms with Gasteiger partial charge in [-0.15, -0.1) is 0 Å². The third-order valence-corrected chi connectivity index (χ3v) is 3.42. The number of amides is 1. The molecule has 0 aliphatic rings. The molecule has 0 aliphatic carbocycles. The summed E-state index contributed by atoms with van der Waals surface area (Å²) in [7, 11) is 0. The number of phenols is 1. The van der Waals surface area contributed by atoms with Gasteiger partial charge >= 0.3 is 12.1 Å². The van der Waals surface area contributed by atoms with Crippen LogP contribution < -0.4 is 5.32 Å². The number of benzene rings is 2. The van der Waals surface area contributed by atoms with E-state index in [0.29, 0.717) is 11.3 Å². The Bertz CT molecular complexity index is 750. The molecule has 0 saturated carbocycles. The number of aromatic hydroxyl groups is 1. The fraction of sp³-hybridized carbons (Fsp3) is 0.158. The first-order valence-corrected chi connectivity index (χ1v) is 7.67. The van der Waals surface area contributed by atoms with Crippen LogP contribution in [0.5, 0.6) is 5.75 Å². The molecule has 1 amide bonds. The number of aryl methyl sites for hydroxylation is 1. The van der Waals surface area contributed by atoms with Gasteiger partial charge in [-0.1, -0.05) is 35.9 Å². The minimum absolute atomic E-state index is 0.0904. The van der Waals surface area contributed by atoms with Gasteiger partial charge in [0.15, 0.2) is 0 Å². The highest BCUT2D eigenvalue weighted by Gasteiger charge is 2.16. The van der Waals surface area contributed by atoms with Gasteiger partial charge in [0.2, 0.25) is 0 Å². The van der Waals surface area contributed by atoms with Crippen LogP contribution in [-0.2, 0) is 9.53 Å². The molecule has 2 aromatic rings. The molecule has 0 spiro atoms. The van der Waals surface area contributed by atoms with Crippen LogP contribution in [0.25, 0.3) is 0 Å². The van der Waals surface area contributed by atoms with Gasteiger partial charge < -0.3 is 14.9 Å². The van der Waals surface area contributed by atoms with Gasteiger partial charge in [-0.25, -0.2) is 9.59 Å². The summed E-state index contributed by atoms with van der Waals surface area (Å²) < 4.78 is 5.42. The maximum absolute atomic E-state index is 12.1. The largest absolute Gasteiger partial charge is 0.508 e. The minimum Gasteiger partial charge on any atom is -0.508 e. The van der Waals surface area contributed by atoms with Gasteiger partial charge in [-0.3, -0.25) is 5.32 Å². The number of anilines is 1.